The first-order valence-corrected chi connectivity index (χ1v) is 8.62. The van der Waals surface area contributed by atoms with Gasteiger partial charge in [0, 0.05) is 33.8 Å². The van der Waals surface area contributed by atoms with Crippen LogP contribution in [0.15, 0.2) is 58.6 Å². The van der Waals surface area contributed by atoms with Gasteiger partial charge in [-0.05, 0) is 37.7 Å². The monoisotopic (exact) mass is 365 g/mol. The fourth-order valence-corrected chi connectivity index (χ4v) is 3.28. The standard InChI is InChI=1S/C19H15N3O3S/c1-12-3-5-14(6-4-12)17-9-13(2)20-19(21-17)26-18-8-7-16(22(24)25)10-15(18)11-23/h3-11H,1-2H3. The molecule has 2 aromatic carbocycles. The normalized spacial score (nSPS) is 10.5. The maximum absolute atomic E-state index is 11.3. The van der Waals surface area contributed by atoms with Gasteiger partial charge < -0.3 is 0 Å². The van der Waals surface area contributed by atoms with Crippen molar-refractivity contribution in [3.63, 3.8) is 0 Å². The van der Waals surface area contributed by atoms with Crippen molar-refractivity contribution in [3.05, 3.63) is 75.5 Å². The fraction of sp³-hybridized carbons (Fsp3) is 0.105. The summed E-state index contributed by atoms with van der Waals surface area (Å²) < 4.78 is 0. The van der Waals surface area contributed by atoms with E-state index in [1.165, 1.54) is 23.9 Å². The lowest BCUT2D eigenvalue weighted by atomic mass is 10.1. The van der Waals surface area contributed by atoms with Gasteiger partial charge in [0.15, 0.2) is 11.4 Å². The smallest absolute Gasteiger partial charge is 0.270 e. The van der Waals surface area contributed by atoms with Crippen LogP contribution in [0.3, 0.4) is 0 Å². The Hall–Kier alpha value is -3.06. The van der Waals surface area contributed by atoms with E-state index in [0.717, 1.165) is 22.5 Å². The molecule has 3 aromatic rings. The Balaban J connectivity index is 1.97. The Bertz CT molecular complexity index is 988. The average molecular weight is 365 g/mol. The zero-order valence-electron chi connectivity index (χ0n) is 14.2. The minimum absolute atomic E-state index is 0.123. The quantitative estimate of drug-likeness (QED) is 0.283. The number of carbonyl (C=O) groups excluding carboxylic acids is 1. The van der Waals surface area contributed by atoms with Crippen molar-refractivity contribution < 1.29 is 9.72 Å². The molecule has 7 heteroatoms. The number of non-ortho nitro benzene ring substituents is 1. The molecular formula is C19H15N3O3S. The number of aldehydes is 1. The number of nitro groups is 1. The van der Waals surface area contributed by atoms with Gasteiger partial charge in [-0.1, -0.05) is 29.8 Å². The molecule has 1 heterocycles. The van der Waals surface area contributed by atoms with Crippen LogP contribution in [-0.4, -0.2) is 21.2 Å². The van der Waals surface area contributed by atoms with Crippen LogP contribution in [-0.2, 0) is 0 Å². The molecule has 0 atom stereocenters. The van der Waals surface area contributed by atoms with E-state index in [-0.39, 0.29) is 11.3 Å². The van der Waals surface area contributed by atoms with Crippen LogP contribution < -0.4 is 0 Å². The van der Waals surface area contributed by atoms with Crippen molar-refractivity contribution in [3.8, 4) is 11.3 Å². The molecule has 0 spiro atoms. The third-order valence-electron chi connectivity index (χ3n) is 3.71. The Morgan fingerprint density at radius 1 is 1.04 bits per heavy atom. The molecule has 26 heavy (non-hydrogen) atoms. The van der Waals surface area contributed by atoms with Crippen LogP contribution in [0.1, 0.15) is 21.6 Å². The number of nitro benzene ring substituents is 1. The molecule has 0 bridgehead atoms. The zero-order chi connectivity index (χ0) is 18.7. The molecule has 0 aliphatic carbocycles. The van der Waals surface area contributed by atoms with E-state index in [9.17, 15) is 14.9 Å². The molecule has 0 saturated heterocycles. The third-order valence-corrected chi connectivity index (χ3v) is 4.67. The van der Waals surface area contributed by atoms with Gasteiger partial charge in [0.25, 0.3) is 5.69 Å². The summed E-state index contributed by atoms with van der Waals surface area (Å²) in [4.78, 5) is 31.2. The second-order valence-corrected chi connectivity index (χ2v) is 6.75. The highest BCUT2D eigenvalue weighted by molar-refractivity contribution is 7.99. The van der Waals surface area contributed by atoms with E-state index in [2.05, 4.69) is 9.97 Å². The van der Waals surface area contributed by atoms with Crippen LogP contribution in [0.4, 0.5) is 5.69 Å². The molecule has 6 nitrogen and oxygen atoms in total. The maximum atomic E-state index is 11.3. The predicted molar refractivity (Wildman–Crippen MR) is 99.5 cm³/mol. The number of nitrogens with zero attached hydrogens (tertiary/aromatic N) is 3. The van der Waals surface area contributed by atoms with E-state index in [4.69, 9.17) is 0 Å². The molecule has 0 saturated carbocycles. The highest BCUT2D eigenvalue weighted by atomic mass is 32.2. The minimum atomic E-state index is -0.528. The van der Waals surface area contributed by atoms with Gasteiger partial charge in [0.1, 0.15) is 0 Å². The topological polar surface area (TPSA) is 86.0 Å². The van der Waals surface area contributed by atoms with Gasteiger partial charge >= 0.3 is 0 Å². The largest absolute Gasteiger partial charge is 0.298 e. The van der Waals surface area contributed by atoms with Gasteiger partial charge in [-0.15, -0.1) is 0 Å². The lowest BCUT2D eigenvalue weighted by molar-refractivity contribution is -0.384. The summed E-state index contributed by atoms with van der Waals surface area (Å²) in [5, 5.41) is 11.4. The van der Waals surface area contributed by atoms with Crippen LogP contribution in [0.5, 0.6) is 0 Å². The van der Waals surface area contributed by atoms with Crippen LogP contribution >= 0.6 is 11.8 Å². The van der Waals surface area contributed by atoms with Crippen molar-refractivity contribution >= 4 is 23.7 Å². The summed E-state index contributed by atoms with van der Waals surface area (Å²) in [6.07, 6.45) is 0.603. The van der Waals surface area contributed by atoms with Crippen molar-refractivity contribution in [2.75, 3.05) is 0 Å². The lowest BCUT2D eigenvalue weighted by Gasteiger charge is -2.07. The maximum Gasteiger partial charge on any atom is 0.270 e. The molecule has 0 fully saturated rings. The molecule has 0 N–H and O–H groups in total. The Kier molecular flexibility index (Phi) is 5.09. The van der Waals surface area contributed by atoms with Gasteiger partial charge in [0.2, 0.25) is 0 Å². The van der Waals surface area contributed by atoms with Crippen molar-refractivity contribution in [1.82, 2.24) is 9.97 Å². The first-order valence-electron chi connectivity index (χ1n) is 7.80. The summed E-state index contributed by atoms with van der Waals surface area (Å²) in [5.74, 6) is 0. The average Bonchev–Trinajstić information content (AvgIpc) is 2.62. The van der Waals surface area contributed by atoms with Gasteiger partial charge in [-0.3, -0.25) is 14.9 Å². The van der Waals surface area contributed by atoms with E-state index in [1.54, 1.807) is 6.07 Å². The molecule has 3 rings (SSSR count). The van der Waals surface area contributed by atoms with E-state index in [1.807, 2.05) is 44.2 Å². The number of aryl methyl sites for hydroxylation is 2. The van der Waals surface area contributed by atoms with Crippen molar-refractivity contribution in [2.24, 2.45) is 0 Å². The third kappa shape index (κ3) is 3.94. The predicted octanol–water partition coefficient (Wildman–Crippen LogP) is 4.63. The summed E-state index contributed by atoms with van der Waals surface area (Å²) >= 11 is 1.21. The highest BCUT2D eigenvalue weighted by Gasteiger charge is 2.13. The molecule has 130 valence electrons. The summed E-state index contributed by atoms with van der Waals surface area (Å²) in [7, 11) is 0. The number of benzene rings is 2. The number of aromatic nitrogens is 2. The Labute approximate surface area is 154 Å². The fourth-order valence-electron chi connectivity index (χ4n) is 2.39. The minimum Gasteiger partial charge on any atom is -0.298 e. The van der Waals surface area contributed by atoms with Gasteiger partial charge in [-0.25, -0.2) is 9.97 Å². The van der Waals surface area contributed by atoms with Gasteiger partial charge in [-0.2, -0.15) is 0 Å². The van der Waals surface area contributed by atoms with E-state index in [0.29, 0.717) is 16.3 Å². The van der Waals surface area contributed by atoms with E-state index < -0.39 is 4.92 Å². The molecular weight excluding hydrogens is 350 g/mol. The molecule has 0 aliphatic heterocycles. The number of carbonyl (C=O) groups is 1. The lowest BCUT2D eigenvalue weighted by Crippen LogP contribution is -1.96. The zero-order valence-corrected chi connectivity index (χ0v) is 15.0. The first kappa shape index (κ1) is 17.8. The highest BCUT2D eigenvalue weighted by Crippen LogP contribution is 2.31. The number of rotatable bonds is 5. The Morgan fingerprint density at radius 2 is 1.77 bits per heavy atom. The second kappa shape index (κ2) is 7.45. The molecule has 0 aliphatic rings. The van der Waals surface area contributed by atoms with Crippen LogP contribution in [0.2, 0.25) is 0 Å². The summed E-state index contributed by atoms with van der Waals surface area (Å²) in [6, 6.07) is 14.1. The summed E-state index contributed by atoms with van der Waals surface area (Å²) in [5.41, 5.74) is 3.84. The second-order valence-electron chi connectivity index (χ2n) is 5.74. The number of hydrogen-bond acceptors (Lipinski definition) is 6. The van der Waals surface area contributed by atoms with E-state index >= 15 is 0 Å². The first-order chi connectivity index (χ1) is 12.5. The molecule has 0 radical (unpaired) electrons. The Morgan fingerprint density at radius 3 is 2.42 bits per heavy atom. The molecule has 0 amide bonds. The number of hydrogen-bond donors (Lipinski definition) is 0. The van der Waals surface area contributed by atoms with Crippen molar-refractivity contribution in [2.45, 2.75) is 23.9 Å². The molecule has 1 aromatic heterocycles. The molecule has 0 unspecified atom stereocenters. The van der Waals surface area contributed by atoms with Gasteiger partial charge in [0.05, 0.1) is 10.6 Å². The van der Waals surface area contributed by atoms with Crippen molar-refractivity contribution in [1.29, 1.82) is 0 Å². The van der Waals surface area contributed by atoms with Crippen LogP contribution in [0, 0.1) is 24.0 Å². The summed E-state index contributed by atoms with van der Waals surface area (Å²) in [6.45, 7) is 3.89. The van der Waals surface area contributed by atoms with Crippen LogP contribution in [0.25, 0.3) is 11.3 Å². The SMILES string of the molecule is Cc1ccc(-c2cc(C)nc(Sc3ccc([N+](=O)[O-])cc3C=O)n2)cc1.